The highest BCUT2D eigenvalue weighted by molar-refractivity contribution is 6.31. The molecule has 7 heteroatoms. The molecule has 6 nitrogen and oxygen atoms in total. The second-order valence-electron chi connectivity index (χ2n) is 6.00. The molecule has 1 fully saturated rings. The van der Waals surface area contributed by atoms with Crippen LogP contribution in [-0.2, 0) is 17.9 Å². The van der Waals surface area contributed by atoms with Crippen LogP contribution in [0.25, 0.3) is 0 Å². The van der Waals surface area contributed by atoms with Crippen LogP contribution in [0.2, 0.25) is 5.02 Å². The summed E-state index contributed by atoms with van der Waals surface area (Å²) >= 11 is 6.34. The quantitative estimate of drug-likeness (QED) is 0.901. The highest BCUT2D eigenvalue weighted by atomic mass is 35.5. The van der Waals surface area contributed by atoms with E-state index in [4.69, 9.17) is 11.6 Å². The number of aromatic nitrogens is 3. The Morgan fingerprint density at radius 1 is 1.33 bits per heavy atom. The predicted molar refractivity (Wildman–Crippen MR) is 92.7 cm³/mol. The van der Waals surface area contributed by atoms with E-state index in [1.54, 1.807) is 0 Å². The van der Waals surface area contributed by atoms with Gasteiger partial charge in [0.25, 0.3) is 0 Å². The number of hydrogen-bond acceptors (Lipinski definition) is 4. The van der Waals surface area contributed by atoms with Crippen LogP contribution in [0.5, 0.6) is 0 Å². The Kier molecular flexibility index (Phi) is 5.16. The van der Waals surface area contributed by atoms with E-state index in [1.165, 1.54) is 0 Å². The summed E-state index contributed by atoms with van der Waals surface area (Å²) in [5.74, 6) is 1.77. The van der Waals surface area contributed by atoms with Crippen LogP contribution in [0, 0.1) is 6.92 Å². The number of piperazine rings is 1. The van der Waals surface area contributed by atoms with Crippen molar-refractivity contribution in [2.75, 3.05) is 13.1 Å². The van der Waals surface area contributed by atoms with Gasteiger partial charge in [-0.15, -0.1) is 10.2 Å². The minimum absolute atomic E-state index is 0.0207. The number of carbonyl (C=O) groups is 1. The molecule has 1 aliphatic heterocycles. The molecule has 1 aromatic heterocycles. The number of nitrogens with zero attached hydrogens (tertiary/aromatic N) is 4. The van der Waals surface area contributed by atoms with E-state index in [0.717, 1.165) is 36.7 Å². The first-order valence-corrected chi connectivity index (χ1v) is 8.64. The van der Waals surface area contributed by atoms with Gasteiger partial charge in [-0.25, -0.2) is 0 Å². The van der Waals surface area contributed by atoms with Gasteiger partial charge in [-0.2, -0.15) is 0 Å². The monoisotopic (exact) mass is 347 g/mol. The van der Waals surface area contributed by atoms with Crippen molar-refractivity contribution in [1.82, 2.24) is 25.0 Å². The maximum Gasteiger partial charge on any atom is 0.242 e. The van der Waals surface area contributed by atoms with E-state index < -0.39 is 6.04 Å². The third-order valence-electron chi connectivity index (χ3n) is 4.32. The molecular weight excluding hydrogens is 326 g/mol. The molecule has 0 unspecified atom stereocenters. The van der Waals surface area contributed by atoms with E-state index in [0.29, 0.717) is 18.1 Å². The fraction of sp³-hybridized carbons (Fsp3) is 0.471. The number of hydrogen-bond donors (Lipinski definition) is 1. The Morgan fingerprint density at radius 2 is 2.12 bits per heavy atom. The Morgan fingerprint density at radius 3 is 2.88 bits per heavy atom. The van der Waals surface area contributed by atoms with Crippen LogP contribution in [0.1, 0.15) is 36.6 Å². The van der Waals surface area contributed by atoms with Gasteiger partial charge in [0, 0.05) is 24.7 Å². The zero-order chi connectivity index (χ0) is 17.1. The summed E-state index contributed by atoms with van der Waals surface area (Å²) in [6.07, 6.45) is 1.01. The van der Waals surface area contributed by atoms with E-state index in [9.17, 15) is 4.79 Å². The van der Waals surface area contributed by atoms with Crippen molar-refractivity contribution in [2.24, 2.45) is 0 Å². The van der Waals surface area contributed by atoms with Crippen LogP contribution in [0.15, 0.2) is 24.3 Å². The summed E-state index contributed by atoms with van der Waals surface area (Å²) < 4.78 is 2.12. The molecule has 2 aromatic rings. The van der Waals surface area contributed by atoms with Gasteiger partial charge in [-0.1, -0.05) is 36.7 Å². The Bertz CT molecular complexity index is 730. The van der Waals surface area contributed by atoms with Crippen LogP contribution >= 0.6 is 11.6 Å². The normalized spacial score (nSPS) is 18.6. The number of benzene rings is 1. The predicted octanol–water partition coefficient (Wildman–Crippen LogP) is 2.32. The summed E-state index contributed by atoms with van der Waals surface area (Å²) in [5, 5.41) is 12.0. The summed E-state index contributed by atoms with van der Waals surface area (Å²) in [6.45, 7) is 6.92. The van der Waals surface area contributed by atoms with Crippen molar-refractivity contribution >= 4 is 17.5 Å². The topological polar surface area (TPSA) is 63.1 Å². The van der Waals surface area contributed by atoms with Crippen LogP contribution in [0.3, 0.4) is 0 Å². The summed E-state index contributed by atoms with van der Waals surface area (Å²) in [5.41, 5.74) is 0.828. The van der Waals surface area contributed by atoms with E-state index in [1.807, 2.05) is 31.2 Å². The fourth-order valence-corrected chi connectivity index (χ4v) is 3.40. The van der Waals surface area contributed by atoms with Crippen molar-refractivity contribution < 1.29 is 4.79 Å². The molecule has 24 heavy (non-hydrogen) atoms. The van der Waals surface area contributed by atoms with Gasteiger partial charge in [-0.3, -0.25) is 9.69 Å². The first kappa shape index (κ1) is 16.9. The fourth-order valence-electron chi connectivity index (χ4n) is 3.16. The molecule has 1 saturated heterocycles. The second-order valence-corrected chi connectivity index (χ2v) is 6.41. The van der Waals surface area contributed by atoms with Crippen LogP contribution < -0.4 is 5.32 Å². The van der Waals surface area contributed by atoms with Gasteiger partial charge in [0.15, 0.2) is 0 Å². The number of amides is 1. The number of carbonyl (C=O) groups excluding carboxylic acids is 1. The van der Waals surface area contributed by atoms with Crippen molar-refractivity contribution in [1.29, 1.82) is 0 Å². The van der Waals surface area contributed by atoms with Crippen LogP contribution in [0.4, 0.5) is 0 Å². The first-order chi connectivity index (χ1) is 11.6. The van der Waals surface area contributed by atoms with E-state index in [2.05, 4.69) is 31.9 Å². The largest absolute Gasteiger partial charge is 0.353 e. The summed E-state index contributed by atoms with van der Waals surface area (Å²) in [4.78, 5) is 14.6. The smallest absolute Gasteiger partial charge is 0.242 e. The van der Waals surface area contributed by atoms with Crippen molar-refractivity contribution in [3.8, 4) is 0 Å². The SMILES string of the molecule is CCCn1c(C)nnc1CN1CCNC(=O)[C@@H]1c1ccccc1Cl. The number of nitrogens with one attached hydrogen (secondary N) is 1. The number of aryl methyl sites for hydroxylation is 1. The average Bonchev–Trinajstić information content (AvgIpc) is 2.90. The van der Waals surface area contributed by atoms with Gasteiger partial charge >= 0.3 is 0 Å². The summed E-state index contributed by atoms with van der Waals surface area (Å²) in [6, 6.07) is 7.11. The highest BCUT2D eigenvalue weighted by Gasteiger charge is 2.33. The molecule has 0 bridgehead atoms. The molecule has 128 valence electrons. The summed E-state index contributed by atoms with van der Waals surface area (Å²) in [7, 11) is 0. The second kappa shape index (κ2) is 7.32. The molecule has 1 atom stereocenters. The lowest BCUT2D eigenvalue weighted by Crippen LogP contribution is -2.49. The molecule has 3 rings (SSSR count). The van der Waals surface area contributed by atoms with Gasteiger partial charge in [0.1, 0.15) is 17.7 Å². The van der Waals surface area contributed by atoms with E-state index >= 15 is 0 Å². The molecule has 0 saturated carbocycles. The van der Waals surface area contributed by atoms with Gasteiger partial charge < -0.3 is 9.88 Å². The molecule has 0 spiro atoms. The number of rotatable bonds is 5. The molecule has 2 heterocycles. The van der Waals surface area contributed by atoms with Crippen molar-refractivity contribution in [3.63, 3.8) is 0 Å². The Hall–Kier alpha value is -1.92. The zero-order valence-electron chi connectivity index (χ0n) is 14.0. The maximum atomic E-state index is 12.5. The Balaban J connectivity index is 1.90. The molecule has 1 aromatic carbocycles. The van der Waals surface area contributed by atoms with Crippen molar-refractivity contribution in [2.45, 2.75) is 39.4 Å². The van der Waals surface area contributed by atoms with Gasteiger partial charge in [0.05, 0.1) is 6.54 Å². The zero-order valence-corrected chi connectivity index (χ0v) is 14.8. The van der Waals surface area contributed by atoms with Crippen molar-refractivity contribution in [3.05, 3.63) is 46.5 Å². The van der Waals surface area contributed by atoms with E-state index in [-0.39, 0.29) is 5.91 Å². The minimum atomic E-state index is -0.403. The van der Waals surface area contributed by atoms with Crippen LogP contribution in [-0.4, -0.2) is 38.7 Å². The molecular formula is C17H22ClN5O. The Labute approximate surface area is 146 Å². The lowest BCUT2D eigenvalue weighted by molar-refractivity contribution is -0.129. The van der Waals surface area contributed by atoms with Gasteiger partial charge in [0.2, 0.25) is 5.91 Å². The molecule has 0 radical (unpaired) electrons. The molecule has 1 aliphatic rings. The third kappa shape index (κ3) is 3.30. The third-order valence-corrected chi connectivity index (χ3v) is 4.66. The standard InChI is InChI=1S/C17H22ClN5O/c1-3-9-23-12(2)20-21-15(23)11-22-10-8-19-17(24)16(22)13-6-4-5-7-14(13)18/h4-7,16H,3,8-11H2,1-2H3,(H,19,24)/t16-/m0/s1. The number of halogens is 1. The molecule has 0 aliphatic carbocycles. The first-order valence-electron chi connectivity index (χ1n) is 8.26. The lowest BCUT2D eigenvalue weighted by atomic mass is 10.0. The molecule has 1 N–H and O–H groups in total. The maximum absolute atomic E-state index is 12.5. The lowest BCUT2D eigenvalue weighted by Gasteiger charge is -2.35. The molecule has 1 amide bonds. The highest BCUT2D eigenvalue weighted by Crippen LogP contribution is 2.30. The average molecular weight is 348 g/mol. The minimum Gasteiger partial charge on any atom is -0.353 e. The van der Waals surface area contributed by atoms with Gasteiger partial charge in [-0.05, 0) is 25.0 Å².